The third kappa shape index (κ3) is 4.19. The van der Waals surface area contributed by atoms with E-state index < -0.39 is 0 Å². The quantitative estimate of drug-likeness (QED) is 0.640. The van der Waals surface area contributed by atoms with Gasteiger partial charge >= 0.3 is 0 Å². The molecule has 0 aliphatic heterocycles. The highest BCUT2D eigenvalue weighted by Crippen LogP contribution is 2.15. The summed E-state index contributed by atoms with van der Waals surface area (Å²) in [5, 5.41) is 8.11. The molecular formula is C15H25N3. The Morgan fingerprint density at radius 2 is 2.00 bits per heavy atom. The van der Waals surface area contributed by atoms with Gasteiger partial charge in [0, 0.05) is 36.3 Å². The molecule has 0 bridgehead atoms. The van der Waals surface area contributed by atoms with Crippen LogP contribution in [0.3, 0.4) is 0 Å². The van der Waals surface area contributed by atoms with Gasteiger partial charge in [0.05, 0.1) is 5.69 Å². The van der Waals surface area contributed by atoms with Crippen LogP contribution in [0, 0.1) is 26.2 Å². The lowest BCUT2D eigenvalue weighted by atomic mass is 10.1. The van der Waals surface area contributed by atoms with E-state index in [0.29, 0.717) is 0 Å². The van der Waals surface area contributed by atoms with Gasteiger partial charge in [0.1, 0.15) is 0 Å². The summed E-state index contributed by atoms with van der Waals surface area (Å²) < 4.78 is 2.08. The zero-order valence-electron chi connectivity index (χ0n) is 12.3. The van der Waals surface area contributed by atoms with Crippen LogP contribution in [0.15, 0.2) is 0 Å². The highest BCUT2D eigenvalue weighted by atomic mass is 15.3. The molecule has 1 rings (SSSR count). The van der Waals surface area contributed by atoms with Crippen molar-refractivity contribution in [1.82, 2.24) is 15.1 Å². The van der Waals surface area contributed by atoms with Crippen LogP contribution in [0.25, 0.3) is 0 Å². The molecule has 0 aromatic carbocycles. The Balaban J connectivity index is 2.72. The van der Waals surface area contributed by atoms with Crippen LogP contribution >= 0.6 is 0 Å². The summed E-state index contributed by atoms with van der Waals surface area (Å²) in [6.45, 7) is 12.5. The van der Waals surface area contributed by atoms with Gasteiger partial charge in [-0.2, -0.15) is 5.10 Å². The number of nitrogens with zero attached hydrogens (tertiary/aromatic N) is 2. The first-order chi connectivity index (χ1) is 8.35. The highest BCUT2D eigenvalue weighted by Gasteiger charge is 2.14. The minimum absolute atomic E-state index is 0.129. The maximum absolute atomic E-state index is 5.27. The molecule has 0 aliphatic rings. The number of hydrogen-bond donors (Lipinski definition) is 1. The molecule has 0 saturated carbocycles. The van der Waals surface area contributed by atoms with E-state index in [4.69, 9.17) is 6.42 Å². The summed E-state index contributed by atoms with van der Waals surface area (Å²) in [5.41, 5.74) is 3.81. The highest BCUT2D eigenvalue weighted by molar-refractivity contribution is 5.24. The molecule has 3 nitrogen and oxygen atoms in total. The predicted molar refractivity (Wildman–Crippen MR) is 76.4 cm³/mol. The molecule has 3 heteroatoms. The third-order valence-electron chi connectivity index (χ3n) is 3.02. The molecule has 0 aliphatic carbocycles. The van der Waals surface area contributed by atoms with E-state index in [1.165, 1.54) is 11.3 Å². The van der Waals surface area contributed by atoms with Gasteiger partial charge in [0.25, 0.3) is 0 Å². The molecule has 0 unspecified atom stereocenters. The smallest absolute Gasteiger partial charge is 0.0641 e. The Bertz CT molecular complexity index is 430. The lowest BCUT2D eigenvalue weighted by Crippen LogP contribution is -2.35. The number of nitrogens with one attached hydrogen (secondary N) is 1. The molecule has 0 saturated heterocycles. The van der Waals surface area contributed by atoms with E-state index >= 15 is 0 Å². The van der Waals surface area contributed by atoms with E-state index in [9.17, 15) is 0 Å². The van der Waals surface area contributed by atoms with E-state index in [-0.39, 0.29) is 5.54 Å². The minimum Gasteiger partial charge on any atom is -0.308 e. The van der Waals surface area contributed by atoms with Gasteiger partial charge < -0.3 is 5.32 Å². The van der Waals surface area contributed by atoms with E-state index in [1.807, 2.05) is 0 Å². The van der Waals surface area contributed by atoms with Crippen LogP contribution in [0.5, 0.6) is 0 Å². The number of unbranched alkanes of at least 4 members (excludes halogenated alkanes) is 1. The molecule has 0 radical (unpaired) electrons. The Labute approximate surface area is 111 Å². The van der Waals surface area contributed by atoms with Gasteiger partial charge in [-0.15, -0.1) is 12.3 Å². The number of aromatic nitrogens is 2. The zero-order chi connectivity index (χ0) is 13.8. The van der Waals surface area contributed by atoms with Crippen molar-refractivity contribution >= 4 is 0 Å². The molecule has 1 aromatic heterocycles. The lowest BCUT2D eigenvalue weighted by Gasteiger charge is -2.20. The normalized spacial score (nSPS) is 11.6. The van der Waals surface area contributed by atoms with E-state index in [0.717, 1.165) is 31.6 Å². The monoisotopic (exact) mass is 247 g/mol. The summed E-state index contributed by atoms with van der Waals surface area (Å²) in [6, 6.07) is 0. The average molecular weight is 247 g/mol. The predicted octanol–water partition coefficient (Wildman–Crippen LogP) is 2.80. The first kappa shape index (κ1) is 14.8. The van der Waals surface area contributed by atoms with Crippen LogP contribution in [0.4, 0.5) is 0 Å². The van der Waals surface area contributed by atoms with E-state index in [2.05, 4.69) is 55.6 Å². The maximum Gasteiger partial charge on any atom is 0.0641 e. The fourth-order valence-corrected chi connectivity index (χ4v) is 1.89. The van der Waals surface area contributed by atoms with E-state index in [1.54, 1.807) is 0 Å². The number of terminal acetylenes is 1. The Morgan fingerprint density at radius 1 is 1.33 bits per heavy atom. The number of hydrogen-bond acceptors (Lipinski definition) is 2. The molecular weight excluding hydrogens is 222 g/mol. The van der Waals surface area contributed by atoms with Crippen molar-refractivity contribution < 1.29 is 0 Å². The van der Waals surface area contributed by atoms with Crippen LogP contribution in [-0.2, 0) is 13.1 Å². The third-order valence-corrected chi connectivity index (χ3v) is 3.02. The maximum atomic E-state index is 5.27. The fourth-order valence-electron chi connectivity index (χ4n) is 1.89. The largest absolute Gasteiger partial charge is 0.308 e. The molecule has 1 aromatic rings. The van der Waals surface area contributed by atoms with Crippen molar-refractivity contribution in [2.45, 2.75) is 66.1 Å². The standard InChI is InChI=1S/C15H25N3/c1-7-8-9-10-18-13(3)14(12(2)17-18)11-16-15(4,5)6/h1,16H,8-11H2,2-6H3. The van der Waals surface area contributed by atoms with Crippen LogP contribution in [-0.4, -0.2) is 15.3 Å². The van der Waals surface area contributed by atoms with Crippen molar-refractivity contribution in [2.75, 3.05) is 0 Å². The second-order valence-electron chi connectivity index (χ2n) is 5.78. The van der Waals surface area contributed by atoms with Crippen molar-refractivity contribution in [3.05, 3.63) is 17.0 Å². The van der Waals surface area contributed by atoms with Crippen LogP contribution < -0.4 is 5.32 Å². The first-order valence-corrected chi connectivity index (χ1v) is 6.56. The van der Waals surface area contributed by atoms with Gasteiger partial charge in [-0.1, -0.05) is 0 Å². The van der Waals surface area contributed by atoms with Gasteiger partial charge in [-0.3, -0.25) is 4.68 Å². The van der Waals surface area contributed by atoms with Gasteiger partial charge in [0.2, 0.25) is 0 Å². The number of rotatable bonds is 5. The lowest BCUT2D eigenvalue weighted by molar-refractivity contribution is 0.423. The SMILES string of the molecule is C#CCCCn1nc(C)c(CNC(C)(C)C)c1C. The molecule has 100 valence electrons. The van der Waals surface area contributed by atoms with Crippen molar-refractivity contribution in [3.63, 3.8) is 0 Å². The number of aryl methyl sites for hydroxylation is 2. The molecule has 0 spiro atoms. The van der Waals surface area contributed by atoms with Crippen LogP contribution in [0.2, 0.25) is 0 Å². The molecule has 0 atom stereocenters. The van der Waals surface area contributed by atoms with Gasteiger partial charge in [0.15, 0.2) is 0 Å². The van der Waals surface area contributed by atoms with Crippen molar-refractivity contribution in [3.8, 4) is 12.3 Å². The molecule has 0 amide bonds. The van der Waals surface area contributed by atoms with Crippen molar-refractivity contribution in [2.24, 2.45) is 0 Å². The molecule has 1 N–H and O–H groups in total. The molecule has 18 heavy (non-hydrogen) atoms. The molecule has 1 heterocycles. The summed E-state index contributed by atoms with van der Waals surface area (Å²) in [4.78, 5) is 0. The minimum atomic E-state index is 0.129. The Kier molecular flexibility index (Phi) is 4.98. The molecule has 0 fully saturated rings. The van der Waals surface area contributed by atoms with Crippen molar-refractivity contribution in [1.29, 1.82) is 0 Å². The first-order valence-electron chi connectivity index (χ1n) is 6.56. The van der Waals surface area contributed by atoms with Gasteiger partial charge in [-0.05, 0) is 41.0 Å². The Morgan fingerprint density at radius 3 is 2.56 bits per heavy atom. The second-order valence-corrected chi connectivity index (χ2v) is 5.78. The summed E-state index contributed by atoms with van der Waals surface area (Å²) in [6.07, 6.45) is 7.08. The fraction of sp³-hybridized carbons (Fsp3) is 0.667. The Hall–Kier alpha value is -1.27. The van der Waals surface area contributed by atoms with Crippen LogP contribution in [0.1, 0.15) is 50.6 Å². The second kappa shape index (κ2) is 6.06. The zero-order valence-corrected chi connectivity index (χ0v) is 12.3. The summed E-state index contributed by atoms with van der Waals surface area (Å²) in [5.74, 6) is 2.67. The summed E-state index contributed by atoms with van der Waals surface area (Å²) in [7, 11) is 0. The average Bonchev–Trinajstić information content (AvgIpc) is 2.51. The topological polar surface area (TPSA) is 29.9 Å². The summed E-state index contributed by atoms with van der Waals surface area (Å²) >= 11 is 0. The van der Waals surface area contributed by atoms with Gasteiger partial charge in [-0.25, -0.2) is 0 Å².